The average Bonchev–Trinajstić information content (AvgIpc) is 2.37. The lowest BCUT2D eigenvalue weighted by Crippen LogP contribution is -2.30. The number of benzene rings is 1. The van der Waals surface area contributed by atoms with Gasteiger partial charge in [0.05, 0.1) is 11.3 Å². The maximum atomic E-state index is 11.7. The number of urea groups is 1. The second-order valence-electron chi connectivity index (χ2n) is 3.69. The molecule has 0 aromatic heterocycles. The fourth-order valence-electron chi connectivity index (χ4n) is 1.41. The molecule has 0 unspecified atom stereocenters. The molecule has 0 spiro atoms. The van der Waals surface area contributed by atoms with E-state index in [0.717, 1.165) is 12.2 Å². The van der Waals surface area contributed by atoms with Gasteiger partial charge in [-0.15, -0.1) is 0 Å². The molecule has 5 nitrogen and oxygen atoms in total. The Balaban J connectivity index is 2.66. The van der Waals surface area contributed by atoms with E-state index in [9.17, 15) is 9.59 Å². The third-order valence-corrected chi connectivity index (χ3v) is 3.65. The maximum absolute atomic E-state index is 11.7. The predicted molar refractivity (Wildman–Crippen MR) is 81.1 cm³/mol. The molecule has 1 aromatic rings. The van der Waals surface area contributed by atoms with E-state index in [-0.39, 0.29) is 11.3 Å². The van der Waals surface area contributed by atoms with Crippen LogP contribution in [-0.4, -0.2) is 35.7 Å². The van der Waals surface area contributed by atoms with E-state index in [0.29, 0.717) is 11.0 Å². The van der Waals surface area contributed by atoms with E-state index in [1.165, 1.54) is 6.07 Å². The molecule has 0 bridgehead atoms. The Morgan fingerprint density at radius 1 is 1.42 bits per heavy atom. The molecule has 7 heteroatoms. The van der Waals surface area contributed by atoms with Gasteiger partial charge in [0, 0.05) is 11.0 Å². The van der Waals surface area contributed by atoms with Gasteiger partial charge in [-0.05, 0) is 46.5 Å². The highest BCUT2D eigenvalue weighted by molar-refractivity contribution is 9.10. The number of hydrogen-bond donors (Lipinski definition) is 3. The molecule has 3 N–H and O–H groups in total. The van der Waals surface area contributed by atoms with Crippen molar-refractivity contribution in [3.05, 3.63) is 28.2 Å². The number of nitrogens with one attached hydrogen (secondary N) is 2. The average molecular weight is 347 g/mol. The monoisotopic (exact) mass is 346 g/mol. The highest BCUT2D eigenvalue weighted by Crippen LogP contribution is 2.26. The molecule has 0 aliphatic carbocycles. The molecule has 1 aromatic carbocycles. The summed E-state index contributed by atoms with van der Waals surface area (Å²) in [6, 6.07) is 4.32. The van der Waals surface area contributed by atoms with Gasteiger partial charge in [-0.1, -0.05) is 6.07 Å². The lowest BCUT2D eigenvalue weighted by Gasteiger charge is -2.11. The number of amides is 2. The van der Waals surface area contributed by atoms with E-state index in [1.54, 1.807) is 23.9 Å². The van der Waals surface area contributed by atoms with Crippen LogP contribution in [0, 0.1) is 0 Å². The minimum atomic E-state index is -1.08. The summed E-state index contributed by atoms with van der Waals surface area (Å²) in [6.07, 6.45) is 2.87. The maximum Gasteiger partial charge on any atom is 0.337 e. The first-order chi connectivity index (χ1) is 9.06. The molecule has 19 heavy (non-hydrogen) atoms. The van der Waals surface area contributed by atoms with Crippen LogP contribution < -0.4 is 10.6 Å². The van der Waals surface area contributed by atoms with Crippen molar-refractivity contribution in [1.29, 1.82) is 0 Å². The molecule has 0 heterocycles. The summed E-state index contributed by atoms with van der Waals surface area (Å²) >= 11 is 4.94. The van der Waals surface area contributed by atoms with Gasteiger partial charge in [0.1, 0.15) is 0 Å². The Hall–Kier alpha value is -1.21. The molecule has 1 rings (SSSR count). The summed E-state index contributed by atoms with van der Waals surface area (Å²) in [4.78, 5) is 22.7. The van der Waals surface area contributed by atoms with Crippen LogP contribution in [0.1, 0.15) is 16.8 Å². The minimum Gasteiger partial charge on any atom is -0.478 e. The number of carbonyl (C=O) groups is 2. The Kier molecular flexibility index (Phi) is 6.72. The zero-order valence-electron chi connectivity index (χ0n) is 10.4. The lowest BCUT2D eigenvalue weighted by molar-refractivity contribution is 0.0698. The van der Waals surface area contributed by atoms with Gasteiger partial charge >= 0.3 is 12.0 Å². The largest absolute Gasteiger partial charge is 0.478 e. The third-order valence-electron chi connectivity index (χ3n) is 2.29. The highest BCUT2D eigenvalue weighted by atomic mass is 79.9. The van der Waals surface area contributed by atoms with Crippen LogP contribution in [-0.2, 0) is 0 Å². The first-order valence-electron chi connectivity index (χ1n) is 5.62. The molecule has 0 saturated carbocycles. The second-order valence-corrected chi connectivity index (χ2v) is 5.53. The van der Waals surface area contributed by atoms with Gasteiger partial charge in [0.2, 0.25) is 0 Å². The molecule has 104 valence electrons. The number of para-hydroxylation sites is 1. The summed E-state index contributed by atoms with van der Waals surface area (Å²) in [5, 5.41) is 14.3. The van der Waals surface area contributed by atoms with Crippen LogP contribution in [0.25, 0.3) is 0 Å². The summed E-state index contributed by atoms with van der Waals surface area (Å²) in [6.45, 7) is 0.555. The molecule has 0 radical (unpaired) electrons. The molecule has 0 fully saturated rings. The first-order valence-corrected chi connectivity index (χ1v) is 7.80. The van der Waals surface area contributed by atoms with Crippen molar-refractivity contribution in [3.8, 4) is 0 Å². The molecule has 0 aliphatic heterocycles. The van der Waals surface area contributed by atoms with E-state index < -0.39 is 12.0 Å². The lowest BCUT2D eigenvalue weighted by atomic mass is 10.2. The normalized spacial score (nSPS) is 10.0. The first kappa shape index (κ1) is 15.8. The zero-order valence-corrected chi connectivity index (χ0v) is 12.8. The van der Waals surface area contributed by atoms with Gasteiger partial charge in [0.15, 0.2) is 0 Å². The molecular formula is C12H15BrN2O3S. The standard InChI is InChI=1S/C12H15BrN2O3S/c1-19-7-3-6-14-12(18)15-10-8(11(16)17)4-2-5-9(10)13/h2,4-5H,3,6-7H2,1H3,(H,16,17)(H2,14,15,18). The fourth-order valence-corrected chi connectivity index (χ4v) is 2.30. The van der Waals surface area contributed by atoms with Crippen LogP contribution in [0.3, 0.4) is 0 Å². The van der Waals surface area contributed by atoms with E-state index in [2.05, 4.69) is 26.6 Å². The molecule has 2 amide bonds. The van der Waals surface area contributed by atoms with Crippen molar-refractivity contribution >= 4 is 45.4 Å². The van der Waals surface area contributed by atoms with Crippen molar-refractivity contribution < 1.29 is 14.7 Å². The number of thioether (sulfide) groups is 1. The van der Waals surface area contributed by atoms with Gasteiger partial charge in [-0.2, -0.15) is 11.8 Å². The Bertz CT molecular complexity index is 468. The van der Waals surface area contributed by atoms with Crippen LogP contribution in [0.2, 0.25) is 0 Å². The number of carboxylic acids is 1. The van der Waals surface area contributed by atoms with Gasteiger partial charge in [0.25, 0.3) is 0 Å². The molecular weight excluding hydrogens is 332 g/mol. The third kappa shape index (κ3) is 5.12. The SMILES string of the molecule is CSCCCNC(=O)Nc1c(Br)cccc1C(=O)O. The number of hydrogen-bond acceptors (Lipinski definition) is 3. The Morgan fingerprint density at radius 3 is 2.79 bits per heavy atom. The second kappa shape index (κ2) is 8.06. The zero-order chi connectivity index (χ0) is 14.3. The number of aromatic carboxylic acids is 1. The summed E-state index contributed by atoms with van der Waals surface area (Å²) in [7, 11) is 0. The Morgan fingerprint density at radius 2 is 2.16 bits per heavy atom. The van der Waals surface area contributed by atoms with Crippen molar-refractivity contribution in [2.75, 3.05) is 23.9 Å². The van der Waals surface area contributed by atoms with Crippen LogP contribution in [0.5, 0.6) is 0 Å². The van der Waals surface area contributed by atoms with Crippen molar-refractivity contribution in [2.24, 2.45) is 0 Å². The van der Waals surface area contributed by atoms with E-state index in [1.807, 2.05) is 6.26 Å². The van der Waals surface area contributed by atoms with Crippen LogP contribution >= 0.6 is 27.7 Å². The van der Waals surface area contributed by atoms with E-state index in [4.69, 9.17) is 5.11 Å². The molecule has 0 saturated heterocycles. The van der Waals surface area contributed by atoms with Gasteiger partial charge in [-0.25, -0.2) is 9.59 Å². The van der Waals surface area contributed by atoms with E-state index >= 15 is 0 Å². The topological polar surface area (TPSA) is 78.4 Å². The van der Waals surface area contributed by atoms with Crippen molar-refractivity contribution in [3.63, 3.8) is 0 Å². The Labute approximate surface area is 124 Å². The smallest absolute Gasteiger partial charge is 0.337 e. The number of halogens is 1. The number of anilines is 1. The number of rotatable bonds is 6. The molecule has 0 aliphatic rings. The quantitative estimate of drug-likeness (QED) is 0.691. The van der Waals surface area contributed by atoms with Gasteiger partial charge < -0.3 is 15.7 Å². The molecule has 0 atom stereocenters. The van der Waals surface area contributed by atoms with Crippen LogP contribution in [0.15, 0.2) is 22.7 Å². The fraction of sp³-hybridized carbons (Fsp3) is 0.333. The summed E-state index contributed by atoms with van der Waals surface area (Å²) in [5.41, 5.74) is 0.311. The summed E-state index contributed by atoms with van der Waals surface area (Å²) < 4.78 is 0.534. The van der Waals surface area contributed by atoms with Crippen molar-refractivity contribution in [2.45, 2.75) is 6.42 Å². The number of carboxylic acid groups (broad SMARTS) is 1. The van der Waals surface area contributed by atoms with Crippen LogP contribution in [0.4, 0.5) is 10.5 Å². The number of carbonyl (C=O) groups excluding carboxylic acids is 1. The highest BCUT2D eigenvalue weighted by Gasteiger charge is 2.14. The van der Waals surface area contributed by atoms with Gasteiger partial charge in [-0.3, -0.25) is 0 Å². The predicted octanol–water partition coefficient (Wildman–Crippen LogP) is 3.02. The van der Waals surface area contributed by atoms with Crippen molar-refractivity contribution in [1.82, 2.24) is 5.32 Å². The minimum absolute atomic E-state index is 0.0497. The summed E-state index contributed by atoms with van der Waals surface area (Å²) in [5.74, 6) is -0.116.